The van der Waals surface area contributed by atoms with E-state index in [0.717, 1.165) is 13.2 Å². The molecule has 0 rings (SSSR count). The van der Waals surface area contributed by atoms with Crippen molar-refractivity contribution < 1.29 is 28.0 Å². The molecule has 6 nitrogen and oxygen atoms in total. The summed E-state index contributed by atoms with van der Waals surface area (Å²) in [7, 11) is -3.11. The Morgan fingerprint density at radius 1 is 1.71 bits per heavy atom. The van der Waals surface area contributed by atoms with Crippen LogP contribution in [0.3, 0.4) is 0 Å². The molecule has 0 aliphatic heterocycles. The van der Waals surface area contributed by atoms with Gasteiger partial charge >= 0.3 is 13.8 Å². The molecular weight excluding hydrogens is 211 g/mol. The van der Waals surface area contributed by atoms with Gasteiger partial charge in [-0.1, -0.05) is 13.5 Å². The van der Waals surface area contributed by atoms with Gasteiger partial charge < -0.3 is 9.63 Å². The van der Waals surface area contributed by atoms with Gasteiger partial charge in [-0.3, -0.25) is 4.52 Å². The van der Waals surface area contributed by atoms with Gasteiger partial charge in [0.15, 0.2) is 0 Å². The van der Waals surface area contributed by atoms with E-state index in [0.29, 0.717) is 0 Å². The summed E-state index contributed by atoms with van der Waals surface area (Å²) >= 11 is 0. The minimum Gasteiger partial charge on any atom is -0.432 e. The van der Waals surface area contributed by atoms with Crippen molar-refractivity contribution >= 4 is 13.8 Å². The summed E-state index contributed by atoms with van der Waals surface area (Å²) in [5.74, 6) is -0.729. The zero-order valence-corrected chi connectivity index (χ0v) is 8.90. The van der Waals surface area contributed by atoms with Gasteiger partial charge in [-0.2, -0.15) is 0 Å². The van der Waals surface area contributed by atoms with Crippen LogP contribution >= 0.6 is 7.82 Å². The van der Waals surface area contributed by atoms with E-state index >= 15 is 0 Å². The maximum absolute atomic E-state index is 10.9. The summed E-state index contributed by atoms with van der Waals surface area (Å²) in [6.07, 6.45) is 0.0468. The lowest BCUT2D eigenvalue weighted by atomic mass is 10.5. The molecular formula is C7H13O6P. The van der Waals surface area contributed by atoms with Gasteiger partial charge in [-0.25, -0.2) is 13.9 Å². The second kappa shape index (κ2) is 5.93. The second-order valence-corrected chi connectivity index (χ2v) is 3.75. The maximum Gasteiger partial charge on any atom is 0.475 e. The van der Waals surface area contributed by atoms with Crippen molar-refractivity contribution in [1.29, 1.82) is 0 Å². The molecule has 0 aromatic carbocycles. The smallest absolute Gasteiger partial charge is 0.432 e. The van der Waals surface area contributed by atoms with Crippen molar-refractivity contribution in [3.63, 3.8) is 0 Å². The quantitative estimate of drug-likeness (QED) is 0.316. The second-order valence-electron chi connectivity index (χ2n) is 2.24. The van der Waals surface area contributed by atoms with Crippen molar-refractivity contribution in [2.45, 2.75) is 19.6 Å². The third kappa shape index (κ3) is 5.14. The lowest BCUT2D eigenvalue weighted by molar-refractivity contribution is -0.159. The van der Waals surface area contributed by atoms with Gasteiger partial charge in [0.2, 0.25) is 6.29 Å². The summed E-state index contributed by atoms with van der Waals surface area (Å²) < 4.78 is 24.2. The minimum atomic E-state index is -4.12. The molecule has 0 spiro atoms. The molecule has 0 radical (unpaired) electrons. The monoisotopic (exact) mass is 224 g/mol. The number of carbonyl (C=O) groups is 1. The molecule has 14 heavy (non-hydrogen) atoms. The van der Waals surface area contributed by atoms with Crippen molar-refractivity contribution in [2.24, 2.45) is 0 Å². The summed E-state index contributed by atoms with van der Waals surface area (Å²) in [5, 5.41) is 0. The molecule has 2 unspecified atom stereocenters. The van der Waals surface area contributed by atoms with Crippen LogP contribution in [0, 0.1) is 0 Å². The Kier molecular flexibility index (Phi) is 5.64. The number of esters is 1. The first-order chi connectivity index (χ1) is 6.45. The van der Waals surface area contributed by atoms with Crippen molar-refractivity contribution in [3.05, 3.63) is 12.7 Å². The van der Waals surface area contributed by atoms with Gasteiger partial charge in [0.1, 0.15) is 0 Å². The highest BCUT2D eigenvalue weighted by molar-refractivity contribution is 7.47. The zero-order valence-electron chi connectivity index (χ0n) is 8.00. The Bertz CT molecular complexity index is 251. The fraction of sp³-hybridized carbons (Fsp3) is 0.571. The number of phosphoric acid groups is 1. The Morgan fingerprint density at radius 3 is 2.64 bits per heavy atom. The number of rotatable bonds is 6. The molecule has 0 aromatic heterocycles. The summed E-state index contributed by atoms with van der Waals surface area (Å²) in [6, 6.07) is 0. The molecule has 0 amide bonds. The van der Waals surface area contributed by atoms with Crippen LogP contribution in [0.15, 0.2) is 12.7 Å². The molecule has 0 saturated carbocycles. The molecule has 0 saturated heterocycles. The molecule has 0 aliphatic rings. The van der Waals surface area contributed by atoms with Crippen molar-refractivity contribution in [2.75, 3.05) is 7.11 Å². The molecule has 7 heteroatoms. The molecule has 0 heterocycles. The molecule has 2 atom stereocenters. The van der Waals surface area contributed by atoms with E-state index < -0.39 is 20.1 Å². The van der Waals surface area contributed by atoms with E-state index in [1.807, 2.05) is 0 Å². The third-order valence-electron chi connectivity index (χ3n) is 1.23. The molecule has 0 bridgehead atoms. The summed E-state index contributed by atoms with van der Waals surface area (Å²) in [6.45, 7) is 4.79. The molecule has 1 N–H and O–H groups in total. The fourth-order valence-corrected chi connectivity index (χ4v) is 1.12. The van der Waals surface area contributed by atoms with Gasteiger partial charge in [-0.15, -0.1) is 0 Å². The Labute approximate surface area is 82.1 Å². The third-order valence-corrected chi connectivity index (χ3v) is 2.19. The fourth-order valence-electron chi connectivity index (χ4n) is 0.549. The van der Waals surface area contributed by atoms with Crippen LogP contribution in [0.4, 0.5) is 0 Å². The largest absolute Gasteiger partial charge is 0.475 e. The van der Waals surface area contributed by atoms with Gasteiger partial charge in [0.25, 0.3) is 0 Å². The standard InChI is InChI=1S/C7H13O6P/c1-4-6(8)12-7(5-2)13-14(9,10)11-3/h4,7H,1,5H2,2-3H3,(H,9,10). The Hall–Kier alpha value is -0.680. The molecule has 0 aromatic rings. The first-order valence-corrected chi connectivity index (χ1v) is 5.34. The highest BCUT2D eigenvalue weighted by Crippen LogP contribution is 2.43. The summed E-state index contributed by atoms with van der Waals surface area (Å²) in [4.78, 5) is 19.6. The maximum atomic E-state index is 10.9. The lowest BCUT2D eigenvalue weighted by Crippen LogP contribution is -2.18. The van der Waals surface area contributed by atoms with E-state index in [1.165, 1.54) is 0 Å². The van der Waals surface area contributed by atoms with Crippen LogP contribution < -0.4 is 0 Å². The van der Waals surface area contributed by atoms with E-state index in [9.17, 15) is 9.36 Å². The number of hydrogen-bond acceptors (Lipinski definition) is 5. The van der Waals surface area contributed by atoms with E-state index in [2.05, 4.69) is 20.4 Å². The summed E-state index contributed by atoms with van der Waals surface area (Å²) in [5.41, 5.74) is 0. The topological polar surface area (TPSA) is 82.1 Å². The van der Waals surface area contributed by atoms with Crippen LogP contribution in [0.25, 0.3) is 0 Å². The van der Waals surface area contributed by atoms with Gasteiger partial charge in [0, 0.05) is 19.6 Å². The average Bonchev–Trinajstić information content (AvgIpc) is 2.16. The zero-order chi connectivity index (χ0) is 11.2. The SMILES string of the molecule is C=CC(=O)OC(CC)OP(=O)(O)OC. The Morgan fingerprint density at radius 2 is 2.29 bits per heavy atom. The molecule has 0 aliphatic carbocycles. The van der Waals surface area contributed by atoms with Gasteiger partial charge in [-0.05, 0) is 0 Å². The van der Waals surface area contributed by atoms with Crippen LogP contribution in [0.1, 0.15) is 13.3 Å². The number of phosphoric ester groups is 1. The normalized spacial score (nSPS) is 16.8. The predicted octanol–water partition coefficient (Wildman–Crippen LogP) is 1.22. The van der Waals surface area contributed by atoms with E-state index in [1.54, 1.807) is 6.92 Å². The first kappa shape index (κ1) is 13.3. The van der Waals surface area contributed by atoms with Crippen molar-refractivity contribution in [1.82, 2.24) is 0 Å². The van der Waals surface area contributed by atoms with E-state index in [4.69, 9.17) is 4.89 Å². The Balaban J connectivity index is 4.22. The molecule has 0 fully saturated rings. The minimum absolute atomic E-state index is 0.230. The van der Waals surface area contributed by atoms with E-state index in [-0.39, 0.29) is 6.42 Å². The van der Waals surface area contributed by atoms with Crippen molar-refractivity contribution in [3.8, 4) is 0 Å². The molecule has 82 valence electrons. The van der Waals surface area contributed by atoms with Crippen LogP contribution in [-0.4, -0.2) is 24.3 Å². The number of carbonyl (C=O) groups excluding carboxylic acids is 1. The van der Waals surface area contributed by atoms with Crippen LogP contribution in [0.2, 0.25) is 0 Å². The highest BCUT2D eigenvalue weighted by atomic mass is 31.2. The highest BCUT2D eigenvalue weighted by Gasteiger charge is 2.25. The van der Waals surface area contributed by atoms with Gasteiger partial charge in [0.05, 0.1) is 0 Å². The lowest BCUT2D eigenvalue weighted by Gasteiger charge is -2.17. The predicted molar refractivity (Wildman–Crippen MR) is 48.3 cm³/mol. The first-order valence-electron chi connectivity index (χ1n) is 3.85. The van der Waals surface area contributed by atoms with Crippen LogP contribution in [0.5, 0.6) is 0 Å². The van der Waals surface area contributed by atoms with Crippen LogP contribution in [-0.2, 0) is 23.1 Å². The number of hydrogen-bond donors (Lipinski definition) is 1. The number of ether oxygens (including phenoxy) is 1. The average molecular weight is 224 g/mol.